The number of nitrogens with one attached hydrogen (secondary N) is 2. The Morgan fingerprint density at radius 3 is 2.08 bits per heavy atom. The van der Waals surface area contributed by atoms with Gasteiger partial charge in [-0.25, -0.2) is 19.6 Å². The summed E-state index contributed by atoms with van der Waals surface area (Å²) in [5, 5.41) is 7.76. The number of piperidine rings is 2. The first-order valence-electron chi connectivity index (χ1n) is 16.9. The summed E-state index contributed by atoms with van der Waals surface area (Å²) in [6.07, 6.45) is 2.05. The van der Waals surface area contributed by atoms with E-state index in [1.54, 1.807) is 15.7 Å². The van der Waals surface area contributed by atoms with E-state index in [0.717, 1.165) is 43.9 Å². The Morgan fingerprint density at radius 1 is 0.880 bits per heavy atom. The van der Waals surface area contributed by atoms with E-state index in [-0.39, 0.29) is 30.1 Å². The van der Waals surface area contributed by atoms with Crippen LogP contribution in [0, 0.1) is 0 Å². The van der Waals surface area contributed by atoms with E-state index in [4.69, 9.17) is 5.73 Å². The Labute approximate surface area is 305 Å². The molecule has 3 amide bonds. The summed E-state index contributed by atoms with van der Waals surface area (Å²) >= 11 is 6.98. The second kappa shape index (κ2) is 15.5. The number of hydrazine groups is 1. The number of halogens is 5. The summed E-state index contributed by atoms with van der Waals surface area (Å²) in [7, 11) is 0. The average molecular weight is 827 g/mol. The first-order chi connectivity index (χ1) is 23.9. The maximum absolute atomic E-state index is 14.0. The minimum absolute atomic E-state index is 0.134. The third-order valence-corrected chi connectivity index (χ3v) is 11.2. The fraction of sp³-hybridized carbons (Fsp3) is 0.500. The highest BCUT2D eigenvalue weighted by Crippen LogP contribution is 2.32. The largest absolute Gasteiger partial charge is 0.416 e. The van der Waals surface area contributed by atoms with Crippen molar-refractivity contribution >= 4 is 49.5 Å². The van der Waals surface area contributed by atoms with Crippen LogP contribution in [0.5, 0.6) is 0 Å². The molecule has 2 aromatic carbocycles. The summed E-state index contributed by atoms with van der Waals surface area (Å²) in [5.74, 6) is -0.134. The number of hydrogen-bond donors (Lipinski definition) is 3. The number of likely N-dealkylation sites (tertiary alicyclic amines) is 1. The molecular formula is C34H41Br2F3N8O3. The summed E-state index contributed by atoms with van der Waals surface area (Å²) in [5.41, 5.74) is 7.25. The summed E-state index contributed by atoms with van der Waals surface area (Å²) in [6.45, 7) is 5.45. The van der Waals surface area contributed by atoms with Gasteiger partial charge in [-0.3, -0.25) is 9.36 Å². The van der Waals surface area contributed by atoms with E-state index in [0.29, 0.717) is 64.9 Å². The molecule has 16 heteroatoms. The summed E-state index contributed by atoms with van der Waals surface area (Å²) in [4.78, 5) is 46.8. The van der Waals surface area contributed by atoms with Crippen LogP contribution in [0.2, 0.25) is 0 Å². The quantitative estimate of drug-likeness (QED) is 0.272. The zero-order valence-corrected chi connectivity index (χ0v) is 30.7. The van der Waals surface area contributed by atoms with Crippen molar-refractivity contribution in [1.29, 1.82) is 0 Å². The predicted molar refractivity (Wildman–Crippen MR) is 191 cm³/mol. The normalized spacial score (nSPS) is 19.1. The number of aromatic amines is 1. The van der Waals surface area contributed by atoms with Gasteiger partial charge in [0.25, 0.3) is 0 Å². The van der Waals surface area contributed by atoms with E-state index < -0.39 is 17.8 Å². The summed E-state index contributed by atoms with van der Waals surface area (Å²) in [6, 6.07) is 7.00. The molecule has 0 bridgehead atoms. The van der Waals surface area contributed by atoms with Gasteiger partial charge in [0.05, 0.1) is 16.9 Å². The van der Waals surface area contributed by atoms with Crippen molar-refractivity contribution in [2.24, 2.45) is 0 Å². The molecule has 3 aliphatic heterocycles. The first kappa shape index (κ1) is 36.5. The van der Waals surface area contributed by atoms with Crippen LogP contribution in [0.1, 0.15) is 49.3 Å². The molecule has 0 unspecified atom stereocenters. The lowest BCUT2D eigenvalue weighted by atomic mass is 10.0. The fourth-order valence-corrected chi connectivity index (χ4v) is 8.31. The van der Waals surface area contributed by atoms with Crippen molar-refractivity contribution in [3.8, 4) is 11.3 Å². The first-order valence-corrected chi connectivity index (χ1v) is 18.5. The van der Waals surface area contributed by atoms with Gasteiger partial charge in [-0.2, -0.15) is 13.2 Å². The smallest absolute Gasteiger partial charge is 0.397 e. The highest BCUT2D eigenvalue weighted by atomic mass is 79.9. The Hall–Kier alpha value is -3.34. The third kappa shape index (κ3) is 8.40. The molecule has 4 N–H and O–H groups in total. The number of nitrogen functional groups attached to an aromatic ring is 1. The molecule has 3 aliphatic rings. The maximum atomic E-state index is 14.0. The molecule has 1 atom stereocenters. The van der Waals surface area contributed by atoms with Crippen LogP contribution in [0.4, 0.5) is 23.7 Å². The van der Waals surface area contributed by atoms with Crippen LogP contribution in [0.25, 0.3) is 11.3 Å². The van der Waals surface area contributed by atoms with E-state index in [9.17, 15) is 27.6 Å². The highest BCUT2D eigenvalue weighted by Gasteiger charge is 2.34. The number of hydrogen-bond acceptors (Lipinski definition) is 6. The second-order valence-electron chi connectivity index (χ2n) is 13.1. The number of rotatable bonds is 7. The fourth-order valence-electron chi connectivity index (χ4n) is 7.02. The molecule has 270 valence electrons. The number of imidazole rings is 1. The van der Waals surface area contributed by atoms with Crippen molar-refractivity contribution < 1.29 is 22.8 Å². The maximum Gasteiger partial charge on any atom is 0.416 e. The van der Waals surface area contributed by atoms with Crippen molar-refractivity contribution in [3.63, 3.8) is 0 Å². The van der Waals surface area contributed by atoms with Crippen LogP contribution >= 0.6 is 31.9 Å². The van der Waals surface area contributed by atoms with Crippen molar-refractivity contribution in [2.45, 2.75) is 56.8 Å². The second-order valence-corrected chi connectivity index (χ2v) is 14.9. The van der Waals surface area contributed by atoms with Crippen LogP contribution in [-0.4, -0.2) is 99.7 Å². The van der Waals surface area contributed by atoms with Gasteiger partial charge in [0.2, 0.25) is 5.91 Å². The van der Waals surface area contributed by atoms with Crippen LogP contribution < -0.4 is 16.7 Å². The average Bonchev–Trinajstić information content (AvgIpc) is 3.51. The van der Waals surface area contributed by atoms with E-state index in [1.165, 1.54) is 31.4 Å². The lowest BCUT2D eigenvalue weighted by Crippen LogP contribution is -2.60. The lowest BCUT2D eigenvalue weighted by molar-refractivity contribution is -0.139. The van der Waals surface area contributed by atoms with Gasteiger partial charge in [0.15, 0.2) is 0 Å². The number of anilines is 1. The number of nitrogens with two attached hydrogens (primary N) is 1. The van der Waals surface area contributed by atoms with Gasteiger partial charge in [-0.1, -0.05) is 18.6 Å². The number of alkyl halides is 3. The Balaban J connectivity index is 1.10. The molecule has 6 rings (SSSR count). The van der Waals surface area contributed by atoms with Gasteiger partial charge < -0.3 is 25.8 Å². The molecule has 4 heterocycles. The number of urea groups is 1. The number of amides is 3. The van der Waals surface area contributed by atoms with E-state index in [1.807, 2.05) is 17.0 Å². The van der Waals surface area contributed by atoms with Gasteiger partial charge in [-0.15, -0.1) is 0 Å². The molecule has 3 fully saturated rings. The van der Waals surface area contributed by atoms with Gasteiger partial charge in [0.1, 0.15) is 6.04 Å². The summed E-state index contributed by atoms with van der Waals surface area (Å²) < 4.78 is 41.9. The molecule has 3 saturated heterocycles. The van der Waals surface area contributed by atoms with Gasteiger partial charge in [0, 0.05) is 80.0 Å². The molecule has 50 heavy (non-hydrogen) atoms. The van der Waals surface area contributed by atoms with Crippen LogP contribution in [0.15, 0.2) is 56.3 Å². The zero-order chi connectivity index (χ0) is 35.6. The van der Waals surface area contributed by atoms with Crippen molar-refractivity contribution in [1.82, 2.24) is 34.7 Å². The molecule has 0 saturated carbocycles. The minimum Gasteiger partial charge on any atom is -0.397 e. The Kier molecular flexibility index (Phi) is 11.3. The highest BCUT2D eigenvalue weighted by molar-refractivity contribution is 9.11. The number of benzene rings is 2. The molecular weight excluding hydrogens is 785 g/mol. The molecule has 0 radical (unpaired) electrons. The number of carbonyl (C=O) groups excluding carboxylic acids is 2. The number of aromatic nitrogens is 2. The number of nitrogens with zero attached hydrogens (tertiary/aromatic N) is 5. The standard InChI is InChI=1S/C34H41Br2F3N8O3/c35-26-18-22(19-27(36)30(26)40)20-28(31(48)43-14-16-46(17-15-43)45-10-2-1-3-11-45)41-32(49)44-12-8-25(9-13-44)47-21-29(42-33(47)50)23-4-6-24(7-5-23)34(37,38)39/h4-7,18-19,21,25,28H,1-3,8-17,20,40H2,(H,41,49)(H,42,50)/t28-/m1/s1. The molecule has 11 nitrogen and oxygen atoms in total. The predicted octanol–water partition coefficient (Wildman–Crippen LogP) is 5.47. The Morgan fingerprint density at radius 2 is 1.48 bits per heavy atom. The van der Waals surface area contributed by atoms with Crippen molar-refractivity contribution in [3.05, 3.63) is 73.2 Å². The third-order valence-electron chi connectivity index (χ3n) is 9.89. The SMILES string of the molecule is Nc1c(Br)cc(C[C@@H](NC(=O)N2CCC(n3cc(-c4ccc(C(F)(F)F)cc4)[nH]c3=O)CC2)C(=O)N2CCN(N3CCCCC3)CC2)cc1Br. The zero-order valence-electron chi connectivity index (χ0n) is 27.5. The number of piperazine rings is 1. The lowest BCUT2D eigenvalue weighted by Gasteiger charge is -2.43. The minimum atomic E-state index is -4.45. The molecule has 0 spiro atoms. The van der Waals surface area contributed by atoms with Crippen LogP contribution in [-0.2, 0) is 17.4 Å². The van der Waals surface area contributed by atoms with Gasteiger partial charge >= 0.3 is 17.9 Å². The van der Waals surface area contributed by atoms with E-state index >= 15 is 0 Å². The molecule has 0 aliphatic carbocycles. The van der Waals surface area contributed by atoms with Crippen LogP contribution in [0.3, 0.4) is 0 Å². The van der Waals surface area contributed by atoms with Crippen molar-refractivity contribution in [2.75, 3.05) is 58.1 Å². The Bertz CT molecular complexity index is 1700. The van der Waals surface area contributed by atoms with Gasteiger partial charge in [-0.05, 0) is 92.9 Å². The van der Waals surface area contributed by atoms with E-state index in [2.05, 4.69) is 52.2 Å². The molecule has 3 aromatic rings. The number of carbonyl (C=O) groups is 2. The molecule has 1 aromatic heterocycles. The topological polar surface area (TPSA) is 123 Å². The number of H-pyrrole nitrogens is 1. The monoisotopic (exact) mass is 824 g/mol.